The number of nitrogens with one attached hydrogen (secondary N) is 1. The van der Waals surface area contributed by atoms with Crippen LogP contribution in [0, 0.1) is 5.92 Å². The molecule has 106 valence electrons. The summed E-state index contributed by atoms with van der Waals surface area (Å²) < 4.78 is 1.90. The minimum absolute atomic E-state index is 0.530. The second-order valence-electron chi connectivity index (χ2n) is 5.66. The predicted molar refractivity (Wildman–Crippen MR) is 80.8 cm³/mol. The Bertz CT molecular complexity index is 564. The van der Waals surface area contributed by atoms with Gasteiger partial charge in [0.25, 0.3) is 0 Å². The van der Waals surface area contributed by atoms with Crippen LogP contribution >= 0.6 is 0 Å². The Morgan fingerprint density at radius 1 is 1.20 bits per heavy atom. The van der Waals surface area contributed by atoms with Crippen LogP contribution in [0.15, 0.2) is 30.9 Å². The van der Waals surface area contributed by atoms with Crippen molar-refractivity contribution in [1.82, 2.24) is 14.8 Å². The van der Waals surface area contributed by atoms with Crippen LogP contribution in [0.3, 0.4) is 0 Å². The molecule has 1 fully saturated rings. The average Bonchev–Trinajstić information content (AvgIpc) is 2.97. The van der Waals surface area contributed by atoms with E-state index in [-0.39, 0.29) is 0 Å². The zero-order chi connectivity index (χ0) is 13.9. The molecule has 2 atom stereocenters. The summed E-state index contributed by atoms with van der Waals surface area (Å²) in [6.07, 6.45) is 8.58. The molecule has 0 bridgehead atoms. The maximum atomic E-state index is 5.91. The summed E-state index contributed by atoms with van der Waals surface area (Å²) in [5, 5.41) is 11.4. The van der Waals surface area contributed by atoms with Crippen LogP contribution in [-0.2, 0) is 0 Å². The molecule has 20 heavy (non-hydrogen) atoms. The standard InChI is InChI=1S/C15H21N5/c1-11-4-2-3-5-13(11)19-14-7-6-12(16)8-15(14)20-9-17-18-10-20/h6-11,13,19H,2-5,16H2,1H3/t11-,13+/m0/s1. The van der Waals surface area contributed by atoms with Crippen LogP contribution in [0.1, 0.15) is 32.6 Å². The largest absolute Gasteiger partial charge is 0.399 e. The van der Waals surface area contributed by atoms with Gasteiger partial charge in [-0.3, -0.25) is 4.57 Å². The maximum Gasteiger partial charge on any atom is 0.123 e. The van der Waals surface area contributed by atoms with E-state index in [0.29, 0.717) is 12.0 Å². The van der Waals surface area contributed by atoms with Crippen molar-refractivity contribution < 1.29 is 0 Å². The number of nitrogen functional groups attached to an aromatic ring is 1. The zero-order valence-corrected chi connectivity index (χ0v) is 11.8. The lowest BCUT2D eigenvalue weighted by molar-refractivity contribution is 0.349. The smallest absolute Gasteiger partial charge is 0.123 e. The molecule has 0 unspecified atom stereocenters. The third kappa shape index (κ3) is 2.61. The SMILES string of the molecule is C[C@H]1CCCC[C@H]1Nc1ccc(N)cc1-n1cnnc1. The lowest BCUT2D eigenvalue weighted by Crippen LogP contribution is -2.30. The van der Waals surface area contributed by atoms with Gasteiger partial charge < -0.3 is 11.1 Å². The highest BCUT2D eigenvalue weighted by atomic mass is 15.2. The molecule has 2 aromatic rings. The number of nitrogens with zero attached hydrogens (tertiary/aromatic N) is 3. The minimum atomic E-state index is 0.530. The summed E-state index contributed by atoms with van der Waals surface area (Å²) in [4.78, 5) is 0. The number of benzene rings is 1. The van der Waals surface area contributed by atoms with Crippen LogP contribution < -0.4 is 11.1 Å². The molecular weight excluding hydrogens is 250 g/mol. The molecule has 1 aliphatic carbocycles. The van der Waals surface area contributed by atoms with E-state index in [1.165, 1.54) is 25.7 Å². The van der Waals surface area contributed by atoms with Crippen molar-refractivity contribution in [3.05, 3.63) is 30.9 Å². The van der Waals surface area contributed by atoms with Gasteiger partial charge in [0.2, 0.25) is 0 Å². The molecule has 0 spiro atoms. The Labute approximate surface area is 119 Å². The molecule has 0 amide bonds. The molecule has 3 N–H and O–H groups in total. The van der Waals surface area contributed by atoms with Crippen molar-refractivity contribution in [1.29, 1.82) is 0 Å². The van der Waals surface area contributed by atoms with E-state index in [9.17, 15) is 0 Å². The molecule has 1 heterocycles. The van der Waals surface area contributed by atoms with Gasteiger partial charge in [0.15, 0.2) is 0 Å². The van der Waals surface area contributed by atoms with E-state index in [0.717, 1.165) is 17.1 Å². The molecule has 5 heteroatoms. The molecule has 1 saturated carbocycles. The highest BCUT2D eigenvalue weighted by Crippen LogP contribution is 2.30. The summed E-state index contributed by atoms with van der Waals surface area (Å²) in [5.41, 5.74) is 8.76. The molecule has 3 rings (SSSR count). The molecule has 1 aromatic heterocycles. The van der Waals surface area contributed by atoms with Crippen molar-refractivity contribution in [2.45, 2.75) is 38.6 Å². The lowest BCUT2D eigenvalue weighted by atomic mass is 9.86. The quantitative estimate of drug-likeness (QED) is 0.842. The van der Waals surface area contributed by atoms with Gasteiger partial charge in [-0.05, 0) is 37.0 Å². The summed E-state index contributed by atoms with van der Waals surface area (Å²) >= 11 is 0. The van der Waals surface area contributed by atoms with Crippen molar-refractivity contribution >= 4 is 11.4 Å². The zero-order valence-electron chi connectivity index (χ0n) is 11.8. The topological polar surface area (TPSA) is 68.8 Å². The van der Waals surface area contributed by atoms with Gasteiger partial charge >= 0.3 is 0 Å². The fraction of sp³-hybridized carbons (Fsp3) is 0.467. The van der Waals surface area contributed by atoms with Gasteiger partial charge in [-0.1, -0.05) is 19.8 Å². The minimum Gasteiger partial charge on any atom is -0.399 e. The van der Waals surface area contributed by atoms with Gasteiger partial charge in [0, 0.05) is 11.7 Å². The number of aromatic nitrogens is 3. The van der Waals surface area contributed by atoms with Gasteiger partial charge in [0.05, 0.1) is 11.4 Å². The first-order chi connectivity index (χ1) is 9.74. The van der Waals surface area contributed by atoms with E-state index in [4.69, 9.17) is 5.73 Å². The average molecular weight is 271 g/mol. The molecular formula is C15H21N5. The third-order valence-corrected chi connectivity index (χ3v) is 4.17. The van der Waals surface area contributed by atoms with Crippen molar-refractivity contribution in [3.8, 4) is 5.69 Å². The maximum absolute atomic E-state index is 5.91. The summed E-state index contributed by atoms with van der Waals surface area (Å²) in [6, 6.07) is 6.47. The Hall–Kier alpha value is -2.04. The van der Waals surface area contributed by atoms with Gasteiger partial charge in [-0.15, -0.1) is 10.2 Å². The summed E-state index contributed by atoms with van der Waals surface area (Å²) in [7, 11) is 0. The van der Waals surface area contributed by atoms with Crippen molar-refractivity contribution in [2.24, 2.45) is 5.92 Å². The number of rotatable bonds is 3. The fourth-order valence-electron chi connectivity index (χ4n) is 2.94. The normalized spacial score (nSPS) is 22.6. The third-order valence-electron chi connectivity index (χ3n) is 4.17. The number of nitrogens with two attached hydrogens (primary N) is 1. The van der Waals surface area contributed by atoms with E-state index >= 15 is 0 Å². The summed E-state index contributed by atoms with van der Waals surface area (Å²) in [5.74, 6) is 0.704. The van der Waals surface area contributed by atoms with Crippen LogP contribution in [0.25, 0.3) is 5.69 Å². The fourth-order valence-corrected chi connectivity index (χ4v) is 2.94. The van der Waals surface area contributed by atoms with E-state index in [2.05, 4.69) is 22.4 Å². The second kappa shape index (κ2) is 5.53. The van der Waals surface area contributed by atoms with Gasteiger partial charge in [-0.2, -0.15) is 0 Å². The van der Waals surface area contributed by atoms with Crippen LogP contribution in [0.5, 0.6) is 0 Å². The first-order valence-corrected chi connectivity index (χ1v) is 7.25. The molecule has 5 nitrogen and oxygen atoms in total. The Kier molecular flexibility index (Phi) is 3.58. The Morgan fingerprint density at radius 2 is 1.95 bits per heavy atom. The monoisotopic (exact) mass is 271 g/mol. The van der Waals surface area contributed by atoms with E-state index in [1.54, 1.807) is 12.7 Å². The van der Waals surface area contributed by atoms with Gasteiger partial charge in [0.1, 0.15) is 12.7 Å². The number of hydrogen-bond acceptors (Lipinski definition) is 4. The number of anilines is 2. The number of hydrogen-bond donors (Lipinski definition) is 2. The Morgan fingerprint density at radius 3 is 2.70 bits per heavy atom. The molecule has 0 radical (unpaired) electrons. The van der Waals surface area contributed by atoms with Crippen molar-refractivity contribution in [2.75, 3.05) is 11.1 Å². The van der Waals surface area contributed by atoms with Gasteiger partial charge in [-0.25, -0.2) is 0 Å². The molecule has 1 aromatic carbocycles. The Balaban J connectivity index is 1.89. The van der Waals surface area contributed by atoms with E-state index in [1.807, 2.05) is 22.8 Å². The van der Waals surface area contributed by atoms with Crippen molar-refractivity contribution in [3.63, 3.8) is 0 Å². The predicted octanol–water partition coefficient (Wildman–Crippen LogP) is 2.84. The first kappa shape index (κ1) is 13.0. The van der Waals surface area contributed by atoms with E-state index < -0.39 is 0 Å². The first-order valence-electron chi connectivity index (χ1n) is 7.25. The van der Waals surface area contributed by atoms with Crippen LogP contribution in [-0.4, -0.2) is 20.8 Å². The molecule has 1 aliphatic rings. The van der Waals surface area contributed by atoms with Crippen LogP contribution in [0.2, 0.25) is 0 Å². The van der Waals surface area contributed by atoms with Crippen LogP contribution in [0.4, 0.5) is 11.4 Å². The highest BCUT2D eigenvalue weighted by molar-refractivity contribution is 5.66. The highest BCUT2D eigenvalue weighted by Gasteiger charge is 2.22. The lowest BCUT2D eigenvalue weighted by Gasteiger charge is -2.31. The molecule has 0 aliphatic heterocycles. The molecule has 0 saturated heterocycles. The summed E-state index contributed by atoms with van der Waals surface area (Å²) in [6.45, 7) is 2.33. The second-order valence-corrected chi connectivity index (χ2v) is 5.66.